The lowest BCUT2D eigenvalue weighted by Gasteiger charge is -2.30. The maximum absolute atomic E-state index is 10.9. The van der Waals surface area contributed by atoms with Crippen LogP contribution in [0.15, 0.2) is 18.2 Å². The van der Waals surface area contributed by atoms with Crippen LogP contribution in [-0.4, -0.2) is 23.2 Å². The molecule has 0 radical (unpaired) electrons. The number of carbonyl (C=O) groups is 1. The van der Waals surface area contributed by atoms with Crippen LogP contribution in [0.2, 0.25) is 0 Å². The van der Waals surface area contributed by atoms with Gasteiger partial charge in [-0.05, 0) is 31.5 Å². The molecule has 2 N–H and O–H groups in total. The number of carboxylic acids is 1. The van der Waals surface area contributed by atoms with Crippen molar-refractivity contribution in [3.8, 4) is 5.75 Å². The maximum atomic E-state index is 10.9. The van der Waals surface area contributed by atoms with E-state index >= 15 is 0 Å². The zero-order chi connectivity index (χ0) is 11.0. The lowest BCUT2D eigenvalue weighted by atomic mass is 10.1. The van der Waals surface area contributed by atoms with Crippen molar-refractivity contribution in [1.82, 2.24) is 0 Å². The van der Waals surface area contributed by atoms with Gasteiger partial charge in [-0.2, -0.15) is 0 Å². The van der Waals surface area contributed by atoms with Crippen molar-refractivity contribution in [3.63, 3.8) is 0 Å². The highest BCUT2D eigenvalue weighted by Crippen LogP contribution is 2.32. The van der Waals surface area contributed by atoms with Crippen LogP contribution < -0.4 is 10.1 Å². The van der Waals surface area contributed by atoms with Crippen molar-refractivity contribution in [3.05, 3.63) is 23.8 Å². The number of fused-ring (bicyclic) bond motifs is 1. The van der Waals surface area contributed by atoms with Crippen molar-refractivity contribution < 1.29 is 14.6 Å². The van der Waals surface area contributed by atoms with E-state index < -0.39 is 12.1 Å². The topological polar surface area (TPSA) is 58.6 Å². The van der Waals surface area contributed by atoms with Crippen molar-refractivity contribution >= 4 is 11.7 Å². The number of ether oxygens (including phenoxy) is 1. The predicted octanol–water partition coefficient (Wildman–Crippen LogP) is 1.64. The summed E-state index contributed by atoms with van der Waals surface area (Å²) in [5.41, 5.74) is 1.90. The number of anilines is 1. The predicted molar refractivity (Wildman–Crippen MR) is 56.3 cm³/mol. The summed E-state index contributed by atoms with van der Waals surface area (Å²) >= 11 is 0. The Hall–Kier alpha value is -1.71. The quantitative estimate of drug-likeness (QED) is 0.735. The molecule has 1 aliphatic heterocycles. The van der Waals surface area contributed by atoms with Gasteiger partial charge >= 0.3 is 5.97 Å². The number of rotatable bonds is 1. The Morgan fingerprint density at radius 2 is 2.27 bits per heavy atom. The summed E-state index contributed by atoms with van der Waals surface area (Å²) in [7, 11) is 0. The Kier molecular flexibility index (Phi) is 2.26. The third-order valence-electron chi connectivity index (χ3n) is 2.47. The van der Waals surface area contributed by atoms with Gasteiger partial charge in [-0.15, -0.1) is 0 Å². The molecule has 0 saturated heterocycles. The SMILES string of the molecule is Cc1ccc2c(c1)OC(C(=O)O)C(C)N2. The molecular weight excluding hydrogens is 194 g/mol. The first-order chi connectivity index (χ1) is 7.08. The monoisotopic (exact) mass is 207 g/mol. The van der Waals surface area contributed by atoms with Crippen molar-refractivity contribution in [2.75, 3.05) is 5.32 Å². The van der Waals surface area contributed by atoms with Gasteiger partial charge in [0.25, 0.3) is 0 Å². The van der Waals surface area contributed by atoms with E-state index in [9.17, 15) is 4.79 Å². The molecule has 4 nitrogen and oxygen atoms in total. The van der Waals surface area contributed by atoms with Gasteiger partial charge in [0.15, 0.2) is 0 Å². The highest BCUT2D eigenvalue weighted by molar-refractivity contribution is 5.76. The molecule has 0 fully saturated rings. The summed E-state index contributed by atoms with van der Waals surface area (Å²) in [5.74, 6) is -0.331. The molecule has 4 heteroatoms. The van der Waals surface area contributed by atoms with Crippen molar-refractivity contribution in [1.29, 1.82) is 0 Å². The highest BCUT2D eigenvalue weighted by Gasteiger charge is 2.31. The lowest BCUT2D eigenvalue weighted by Crippen LogP contribution is -2.44. The van der Waals surface area contributed by atoms with Gasteiger partial charge in [0.1, 0.15) is 5.75 Å². The second kappa shape index (κ2) is 3.46. The van der Waals surface area contributed by atoms with Crippen LogP contribution in [0.4, 0.5) is 5.69 Å². The zero-order valence-electron chi connectivity index (χ0n) is 8.65. The van der Waals surface area contributed by atoms with Gasteiger partial charge in [-0.3, -0.25) is 0 Å². The highest BCUT2D eigenvalue weighted by atomic mass is 16.5. The normalized spacial score (nSPS) is 23.6. The molecule has 80 valence electrons. The van der Waals surface area contributed by atoms with Crippen LogP contribution in [-0.2, 0) is 4.79 Å². The summed E-state index contributed by atoms with van der Waals surface area (Å²) in [6.07, 6.45) is -0.820. The van der Waals surface area contributed by atoms with Gasteiger partial charge in [-0.25, -0.2) is 4.79 Å². The molecule has 0 bridgehead atoms. The molecule has 2 rings (SSSR count). The van der Waals surface area contributed by atoms with Crippen molar-refractivity contribution in [2.45, 2.75) is 26.0 Å². The van der Waals surface area contributed by atoms with E-state index in [1.165, 1.54) is 0 Å². The summed E-state index contributed by atoms with van der Waals surface area (Å²) in [6, 6.07) is 5.48. The maximum Gasteiger partial charge on any atom is 0.347 e. The smallest absolute Gasteiger partial charge is 0.347 e. The van der Waals surface area contributed by atoms with E-state index in [0.29, 0.717) is 5.75 Å². The van der Waals surface area contributed by atoms with E-state index in [1.807, 2.05) is 25.1 Å². The summed E-state index contributed by atoms with van der Waals surface area (Å²) in [4.78, 5) is 10.9. The minimum Gasteiger partial charge on any atom is -0.478 e. The summed E-state index contributed by atoms with van der Waals surface area (Å²) in [5, 5.41) is 12.1. The molecule has 0 saturated carbocycles. The zero-order valence-corrected chi connectivity index (χ0v) is 8.65. The standard InChI is InChI=1S/C11H13NO3/c1-6-3-4-8-9(5-6)15-10(11(13)14)7(2)12-8/h3-5,7,10,12H,1-2H3,(H,13,14). The average molecular weight is 207 g/mol. The minimum atomic E-state index is -0.942. The number of aliphatic carboxylic acids is 1. The van der Waals surface area contributed by atoms with Gasteiger partial charge in [0, 0.05) is 0 Å². The van der Waals surface area contributed by atoms with E-state index in [1.54, 1.807) is 6.92 Å². The van der Waals surface area contributed by atoms with Crippen LogP contribution in [0.1, 0.15) is 12.5 Å². The summed E-state index contributed by atoms with van der Waals surface area (Å²) in [6.45, 7) is 3.74. The minimum absolute atomic E-state index is 0.224. The molecule has 0 amide bonds. The molecule has 1 aromatic rings. The van der Waals surface area contributed by atoms with Crippen LogP contribution in [0.3, 0.4) is 0 Å². The number of carboxylic acid groups (broad SMARTS) is 1. The number of nitrogens with one attached hydrogen (secondary N) is 1. The Bertz CT molecular complexity index is 403. The Labute approximate surface area is 87.9 Å². The van der Waals surface area contributed by atoms with Gasteiger partial charge in [0.2, 0.25) is 6.10 Å². The Balaban J connectivity index is 2.34. The Morgan fingerprint density at radius 3 is 2.93 bits per heavy atom. The Morgan fingerprint density at radius 1 is 1.53 bits per heavy atom. The fourth-order valence-electron chi connectivity index (χ4n) is 1.67. The first-order valence-electron chi connectivity index (χ1n) is 4.84. The van der Waals surface area contributed by atoms with Crippen LogP contribution in [0.25, 0.3) is 0 Å². The number of benzene rings is 1. The van der Waals surface area contributed by atoms with Gasteiger partial charge in [-0.1, -0.05) is 6.07 Å². The molecule has 0 aromatic heterocycles. The molecule has 1 heterocycles. The molecule has 2 atom stereocenters. The summed E-state index contributed by atoms with van der Waals surface area (Å²) < 4.78 is 5.42. The van der Waals surface area contributed by atoms with Crippen molar-refractivity contribution in [2.24, 2.45) is 0 Å². The molecule has 0 spiro atoms. The molecule has 1 aliphatic rings. The van der Waals surface area contributed by atoms with Crippen LogP contribution in [0, 0.1) is 6.92 Å². The number of hydrogen-bond acceptors (Lipinski definition) is 3. The fourth-order valence-corrected chi connectivity index (χ4v) is 1.67. The average Bonchev–Trinajstić information content (AvgIpc) is 2.17. The largest absolute Gasteiger partial charge is 0.478 e. The van der Waals surface area contributed by atoms with E-state index in [4.69, 9.17) is 9.84 Å². The lowest BCUT2D eigenvalue weighted by molar-refractivity contribution is -0.145. The molecule has 2 unspecified atom stereocenters. The third-order valence-corrected chi connectivity index (χ3v) is 2.47. The van der Waals surface area contributed by atoms with Gasteiger partial charge < -0.3 is 15.2 Å². The second-order valence-corrected chi connectivity index (χ2v) is 3.81. The van der Waals surface area contributed by atoms with Crippen LogP contribution >= 0.6 is 0 Å². The molecular formula is C11H13NO3. The number of aryl methyl sites for hydroxylation is 1. The molecule has 15 heavy (non-hydrogen) atoms. The fraction of sp³-hybridized carbons (Fsp3) is 0.364. The molecule has 0 aliphatic carbocycles. The molecule has 1 aromatic carbocycles. The van der Waals surface area contributed by atoms with Gasteiger partial charge in [0.05, 0.1) is 11.7 Å². The van der Waals surface area contributed by atoms with Crippen LogP contribution in [0.5, 0.6) is 5.75 Å². The first-order valence-corrected chi connectivity index (χ1v) is 4.84. The van der Waals surface area contributed by atoms with E-state index in [2.05, 4.69) is 5.32 Å². The number of hydrogen-bond donors (Lipinski definition) is 2. The third kappa shape index (κ3) is 1.75. The van der Waals surface area contributed by atoms with E-state index in [0.717, 1.165) is 11.3 Å². The second-order valence-electron chi connectivity index (χ2n) is 3.81. The van der Waals surface area contributed by atoms with E-state index in [-0.39, 0.29) is 6.04 Å². The first kappa shape index (κ1) is 9.83.